The van der Waals surface area contributed by atoms with Crippen molar-refractivity contribution < 1.29 is 13.2 Å². The number of hydrogen-bond acceptors (Lipinski definition) is 4. The van der Waals surface area contributed by atoms with Crippen LogP contribution in [0, 0.1) is 27.7 Å². The highest BCUT2D eigenvalue weighted by Crippen LogP contribution is 2.23. The van der Waals surface area contributed by atoms with E-state index in [-0.39, 0.29) is 6.54 Å². The zero-order valence-electron chi connectivity index (χ0n) is 19.0. The Labute approximate surface area is 189 Å². The highest BCUT2D eigenvalue weighted by Gasteiger charge is 2.22. The lowest BCUT2D eigenvalue weighted by atomic mass is 10.1. The van der Waals surface area contributed by atoms with E-state index in [2.05, 4.69) is 15.1 Å². The van der Waals surface area contributed by atoms with Crippen molar-refractivity contribution in [3.8, 4) is 5.69 Å². The molecule has 0 aliphatic carbocycles. The van der Waals surface area contributed by atoms with E-state index in [4.69, 9.17) is 0 Å². The molecule has 3 aromatic rings. The first-order valence-electron chi connectivity index (χ1n) is 10.2. The largest absolute Gasteiger partial charge is 0.318 e. The summed E-state index contributed by atoms with van der Waals surface area (Å²) in [5, 5.41) is 4.06. The van der Waals surface area contributed by atoms with Crippen LogP contribution in [0.1, 0.15) is 28.1 Å². The van der Waals surface area contributed by atoms with Crippen LogP contribution in [0.15, 0.2) is 59.7 Å². The first kappa shape index (κ1) is 23.3. The summed E-state index contributed by atoms with van der Waals surface area (Å²) < 4.78 is 27.8. The summed E-state index contributed by atoms with van der Waals surface area (Å²) in [6.07, 6.45) is 2.66. The molecular formula is C24H28N4O3S. The second-order valence-electron chi connectivity index (χ2n) is 7.85. The van der Waals surface area contributed by atoms with Gasteiger partial charge in [-0.3, -0.25) is 9.10 Å². The predicted molar refractivity (Wildman–Crippen MR) is 129 cm³/mol. The molecule has 0 fully saturated rings. The fourth-order valence-corrected chi connectivity index (χ4v) is 4.61. The molecule has 1 amide bonds. The minimum Gasteiger partial charge on any atom is -0.318 e. The topological polar surface area (TPSA) is 83.8 Å². The first-order valence-corrected chi connectivity index (χ1v) is 12.0. The Morgan fingerprint density at radius 2 is 1.75 bits per heavy atom. The molecule has 0 atom stereocenters. The molecule has 1 aromatic heterocycles. The van der Waals surface area contributed by atoms with Gasteiger partial charge in [-0.1, -0.05) is 35.9 Å². The van der Waals surface area contributed by atoms with Crippen molar-refractivity contribution in [1.29, 1.82) is 0 Å². The summed E-state index contributed by atoms with van der Waals surface area (Å²) in [6.45, 7) is 7.37. The molecule has 2 aromatic carbocycles. The van der Waals surface area contributed by atoms with E-state index in [9.17, 15) is 13.2 Å². The van der Waals surface area contributed by atoms with E-state index >= 15 is 0 Å². The summed E-state index contributed by atoms with van der Waals surface area (Å²) in [6, 6.07) is 17.4. The van der Waals surface area contributed by atoms with Crippen LogP contribution in [0.25, 0.3) is 5.69 Å². The van der Waals surface area contributed by atoms with Gasteiger partial charge in [0.2, 0.25) is 10.0 Å². The Hall–Kier alpha value is -3.39. The number of benzene rings is 2. The van der Waals surface area contributed by atoms with Crippen LogP contribution >= 0.6 is 0 Å². The van der Waals surface area contributed by atoms with Crippen LogP contribution in [0.3, 0.4) is 0 Å². The van der Waals surface area contributed by atoms with Gasteiger partial charge in [0.1, 0.15) is 6.54 Å². The van der Waals surface area contributed by atoms with E-state index < -0.39 is 15.9 Å². The lowest BCUT2D eigenvalue weighted by Gasteiger charge is -2.23. The maximum absolute atomic E-state index is 12.5. The molecule has 0 radical (unpaired) electrons. The normalized spacial score (nSPS) is 11.7. The van der Waals surface area contributed by atoms with E-state index in [0.717, 1.165) is 44.3 Å². The Morgan fingerprint density at radius 1 is 1.06 bits per heavy atom. The van der Waals surface area contributed by atoms with Crippen molar-refractivity contribution in [3.63, 3.8) is 0 Å². The molecule has 168 valence electrons. The average Bonchev–Trinajstić information content (AvgIpc) is 3.00. The number of para-hydroxylation sites is 1. The monoisotopic (exact) mass is 452 g/mol. The summed E-state index contributed by atoms with van der Waals surface area (Å²) in [4.78, 5) is 12.5. The van der Waals surface area contributed by atoms with Crippen molar-refractivity contribution in [3.05, 3.63) is 82.7 Å². The minimum atomic E-state index is -3.65. The molecule has 8 heteroatoms. The van der Waals surface area contributed by atoms with E-state index in [1.807, 2.05) is 76.2 Å². The van der Waals surface area contributed by atoms with Crippen molar-refractivity contribution in [2.24, 2.45) is 5.10 Å². The third-order valence-corrected chi connectivity index (χ3v) is 6.31. The van der Waals surface area contributed by atoms with Gasteiger partial charge in [0.15, 0.2) is 0 Å². The number of hydrogen-bond donors (Lipinski definition) is 1. The fraction of sp³-hybridized carbons (Fsp3) is 0.250. The molecular weight excluding hydrogens is 424 g/mol. The number of nitrogens with one attached hydrogen (secondary N) is 1. The molecule has 3 rings (SSSR count). The van der Waals surface area contributed by atoms with Gasteiger partial charge in [-0.25, -0.2) is 13.8 Å². The number of aryl methyl sites for hydroxylation is 3. The molecule has 0 unspecified atom stereocenters. The van der Waals surface area contributed by atoms with Crippen molar-refractivity contribution in [1.82, 2.24) is 9.99 Å². The van der Waals surface area contributed by atoms with Gasteiger partial charge in [0.05, 0.1) is 18.2 Å². The number of aromatic nitrogens is 1. The summed E-state index contributed by atoms with van der Waals surface area (Å²) in [5.74, 6) is -0.525. The molecule has 0 bridgehead atoms. The second kappa shape index (κ2) is 9.40. The molecule has 32 heavy (non-hydrogen) atoms. The standard InChI is InChI=1S/C24H28N4O3S/c1-17-11-12-23(18(2)13-17)27(32(5,30)31)16-24(29)26-25-15-21-14-19(3)28(20(21)4)22-9-7-6-8-10-22/h6-15H,16H2,1-5H3,(H,26,29). The lowest BCUT2D eigenvalue weighted by Crippen LogP contribution is -2.39. The first-order chi connectivity index (χ1) is 15.1. The molecule has 0 aliphatic heterocycles. The van der Waals surface area contributed by atoms with Gasteiger partial charge < -0.3 is 4.57 Å². The minimum absolute atomic E-state index is 0.358. The van der Waals surface area contributed by atoms with E-state index in [1.54, 1.807) is 12.3 Å². The quantitative estimate of drug-likeness (QED) is 0.439. The number of carbonyl (C=O) groups is 1. The van der Waals surface area contributed by atoms with Crippen molar-refractivity contribution >= 4 is 27.8 Å². The maximum Gasteiger partial charge on any atom is 0.260 e. The number of carbonyl (C=O) groups excluding carboxylic acids is 1. The average molecular weight is 453 g/mol. The lowest BCUT2D eigenvalue weighted by molar-refractivity contribution is -0.119. The number of anilines is 1. The van der Waals surface area contributed by atoms with Crippen LogP contribution in [-0.2, 0) is 14.8 Å². The Kier molecular flexibility index (Phi) is 6.84. The second-order valence-corrected chi connectivity index (χ2v) is 9.76. The molecule has 0 saturated carbocycles. The Bertz CT molecular complexity index is 1260. The maximum atomic E-state index is 12.5. The fourth-order valence-electron chi connectivity index (χ4n) is 3.70. The Morgan fingerprint density at radius 3 is 2.38 bits per heavy atom. The van der Waals surface area contributed by atoms with Gasteiger partial charge in [-0.15, -0.1) is 0 Å². The number of hydrazone groups is 1. The molecule has 0 saturated heterocycles. The van der Waals surface area contributed by atoms with Crippen molar-refractivity contribution in [2.45, 2.75) is 27.7 Å². The van der Waals surface area contributed by atoms with Gasteiger partial charge in [-0.2, -0.15) is 5.10 Å². The number of nitrogens with zero attached hydrogens (tertiary/aromatic N) is 3. The SMILES string of the molecule is Cc1ccc(N(CC(=O)NN=Cc2cc(C)n(-c3ccccc3)c2C)S(C)(=O)=O)c(C)c1. The summed E-state index contributed by atoms with van der Waals surface area (Å²) in [7, 11) is -3.65. The molecule has 0 spiro atoms. The third-order valence-electron chi connectivity index (χ3n) is 5.19. The smallest absolute Gasteiger partial charge is 0.260 e. The zero-order chi connectivity index (χ0) is 23.5. The van der Waals surface area contributed by atoms with Crippen LogP contribution in [0.5, 0.6) is 0 Å². The highest BCUT2D eigenvalue weighted by atomic mass is 32.2. The van der Waals surface area contributed by atoms with Crippen LogP contribution in [-0.4, -0.2) is 37.9 Å². The number of amides is 1. The van der Waals surface area contributed by atoms with E-state index in [1.165, 1.54) is 0 Å². The van der Waals surface area contributed by atoms with Gasteiger partial charge in [0.25, 0.3) is 5.91 Å². The van der Waals surface area contributed by atoms with Gasteiger partial charge in [0, 0.05) is 22.6 Å². The Balaban J connectivity index is 1.75. The van der Waals surface area contributed by atoms with E-state index in [0.29, 0.717) is 5.69 Å². The number of rotatable bonds is 7. The van der Waals surface area contributed by atoms with Crippen molar-refractivity contribution in [2.75, 3.05) is 17.1 Å². The molecule has 1 N–H and O–H groups in total. The van der Waals surface area contributed by atoms with Crippen LogP contribution in [0.4, 0.5) is 5.69 Å². The third kappa shape index (κ3) is 5.26. The van der Waals surface area contributed by atoms with Crippen LogP contribution < -0.4 is 9.73 Å². The zero-order valence-corrected chi connectivity index (χ0v) is 19.8. The molecule has 1 heterocycles. The molecule has 0 aliphatic rings. The highest BCUT2D eigenvalue weighted by molar-refractivity contribution is 7.92. The van der Waals surface area contributed by atoms with Gasteiger partial charge in [-0.05, 0) is 57.5 Å². The number of sulfonamides is 1. The van der Waals surface area contributed by atoms with Crippen LogP contribution in [0.2, 0.25) is 0 Å². The summed E-state index contributed by atoms with van der Waals surface area (Å²) in [5.41, 5.74) is 8.65. The molecule has 7 nitrogen and oxygen atoms in total. The summed E-state index contributed by atoms with van der Waals surface area (Å²) >= 11 is 0. The van der Waals surface area contributed by atoms with Gasteiger partial charge >= 0.3 is 0 Å². The predicted octanol–water partition coefficient (Wildman–Crippen LogP) is 3.63.